The van der Waals surface area contributed by atoms with E-state index in [1.165, 1.54) is 56.9 Å². The number of phenolic OH excluding ortho intramolecular Hbond substituents is 1. The van der Waals surface area contributed by atoms with Crippen LogP contribution in [0.25, 0.3) is 0 Å². The van der Waals surface area contributed by atoms with Gasteiger partial charge < -0.3 is 5.11 Å². The highest BCUT2D eigenvalue weighted by atomic mass is 16.3. The second-order valence-electron chi connectivity index (χ2n) is 6.45. The second-order valence-corrected chi connectivity index (χ2v) is 6.45. The molecule has 1 N–H and O–H groups in total. The smallest absolute Gasteiger partial charge is 0.119 e. The van der Waals surface area contributed by atoms with Crippen LogP contribution in [0.1, 0.15) is 95.6 Å². The first-order chi connectivity index (χ1) is 10.2. The molecule has 0 saturated heterocycles. The first-order valence-electron chi connectivity index (χ1n) is 9.00. The molecule has 21 heavy (non-hydrogen) atoms. The first kappa shape index (κ1) is 18.1. The molecule has 0 bridgehead atoms. The summed E-state index contributed by atoms with van der Waals surface area (Å²) in [4.78, 5) is 0. The van der Waals surface area contributed by atoms with Crippen molar-refractivity contribution in [1.82, 2.24) is 0 Å². The Morgan fingerprint density at radius 2 is 1.57 bits per heavy atom. The Bertz CT molecular complexity index is 383. The Hall–Kier alpha value is -0.980. The van der Waals surface area contributed by atoms with Gasteiger partial charge in [0.05, 0.1) is 0 Å². The minimum Gasteiger partial charge on any atom is -0.508 e. The van der Waals surface area contributed by atoms with E-state index in [0.717, 1.165) is 18.4 Å². The fourth-order valence-electron chi connectivity index (χ4n) is 3.03. The van der Waals surface area contributed by atoms with Crippen molar-refractivity contribution in [2.45, 2.75) is 90.9 Å². The third-order valence-corrected chi connectivity index (χ3v) is 4.41. The number of hydrogen-bond acceptors (Lipinski definition) is 1. The molecule has 0 amide bonds. The van der Waals surface area contributed by atoms with Crippen LogP contribution in [0.5, 0.6) is 5.75 Å². The Kier molecular flexibility index (Phi) is 9.21. The summed E-state index contributed by atoms with van der Waals surface area (Å²) in [5.74, 6) is 0.934. The zero-order valence-corrected chi connectivity index (χ0v) is 14.3. The largest absolute Gasteiger partial charge is 0.508 e. The highest BCUT2D eigenvalue weighted by molar-refractivity contribution is 5.38. The Morgan fingerprint density at radius 3 is 2.24 bits per heavy atom. The van der Waals surface area contributed by atoms with Gasteiger partial charge in [-0.2, -0.15) is 0 Å². The van der Waals surface area contributed by atoms with Gasteiger partial charge in [0.15, 0.2) is 0 Å². The topological polar surface area (TPSA) is 20.2 Å². The number of aromatic hydroxyl groups is 1. The van der Waals surface area contributed by atoms with E-state index in [-0.39, 0.29) is 0 Å². The summed E-state index contributed by atoms with van der Waals surface area (Å²) in [6.07, 6.45) is 13.0. The number of unbranched alkanes of at least 4 members (excludes halogenated alkanes) is 6. The highest BCUT2D eigenvalue weighted by Gasteiger charge is 2.10. The van der Waals surface area contributed by atoms with Gasteiger partial charge in [0.1, 0.15) is 5.75 Å². The predicted octanol–water partition coefficient (Wildman–Crippen LogP) is 6.59. The van der Waals surface area contributed by atoms with Gasteiger partial charge >= 0.3 is 0 Å². The minimum atomic E-state index is 0.462. The lowest BCUT2D eigenvalue weighted by molar-refractivity contribution is 0.459. The summed E-state index contributed by atoms with van der Waals surface area (Å²) < 4.78 is 0. The maximum atomic E-state index is 10.0. The van der Waals surface area contributed by atoms with Crippen LogP contribution < -0.4 is 0 Å². The van der Waals surface area contributed by atoms with E-state index in [9.17, 15) is 5.11 Å². The predicted molar refractivity (Wildman–Crippen MR) is 93.1 cm³/mol. The molecular weight excluding hydrogens is 256 g/mol. The second kappa shape index (κ2) is 10.7. The SMILES string of the molecule is CCCCCCCCCc1ccc(O)c(C(C)CCC)c1. The lowest BCUT2D eigenvalue weighted by Crippen LogP contribution is -1.96. The Morgan fingerprint density at radius 1 is 0.905 bits per heavy atom. The molecule has 0 radical (unpaired) electrons. The molecule has 0 heterocycles. The highest BCUT2D eigenvalue weighted by Crippen LogP contribution is 2.30. The van der Waals surface area contributed by atoms with Gasteiger partial charge in [-0.1, -0.05) is 77.8 Å². The van der Waals surface area contributed by atoms with Crippen molar-refractivity contribution in [3.8, 4) is 5.75 Å². The lowest BCUT2D eigenvalue weighted by atomic mass is 9.93. The average Bonchev–Trinajstić information content (AvgIpc) is 2.48. The van der Waals surface area contributed by atoms with Crippen LogP contribution in [0.4, 0.5) is 0 Å². The molecule has 0 spiro atoms. The number of aryl methyl sites for hydroxylation is 1. The van der Waals surface area contributed by atoms with Crippen LogP contribution in [0.15, 0.2) is 18.2 Å². The van der Waals surface area contributed by atoms with Gasteiger partial charge in [0, 0.05) is 0 Å². The molecule has 120 valence electrons. The van der Waals surface area contributed by atoms with Gasteiger partial charge in [0.2, 0.25) is 0 Å². The van der Waals surface area contributed by atoms with Gasteiger partial charge in [-0.25, -0.2) is 0 Å². The van der Waals surface area contributed by atoms with Gasteiger partial charge in [-0.05, 0) is 42.4 Å². The van der Waals surface area contributed by atoms with Crippen molar-refractivity contribution < 1.29 is 5.11 Å². The molecule has 0 aromatic heterocycles. The first-order valence-corrected chi connectivity index (χ1v) is 9.00. The van der Waals surface area contributed by atoms with Crippen molar-refractivity contribution in [1.29, 1.82) is 0 Å². The summed E-state index contributed by atoms with van der Waals surface area (Å²) in [6.45, 7) is 6.69. The van der Waals surface area contributed by atoms with Crippen molar-refractivity contribution in [3.63, 3.8) is 0 Å². The zero-order valence-electron chi connectivity index (χ0n) is 14.3. The van der Waals surface area contributed by atoms with Crippen LogP contribution >= 0.6 is 0 Å². The lowest BCUT2D eigenvalue weighted by Gasteiger charge is -2.14. The van der Waals surface area contributed by atoms with E-state index in [4.69, 9.17) is 0 Å². The van der Waals surface area contributed by atoms with Gasteiger partial charge in [0.25, 0.3) is 0 Å². The Labute approximate surface area is 131 Å². The number of hydrogen-bond donors (Lipinski definition) is 1. The van der Waals surface area contributed by atoms with Crippen molar-refractivity contribution in [2.75, 3.05) is 0 Å². The minimum absolute atomic E-state index is 0.462. The maximum absolute atomic E-state index is 10.0. The molecule has 1 atom stereocenters. The van der Waals surface area contributed by atoms with Crippen LogP contribution in [-0.2, 0) is 6.42 Å². The molecule has 0 aliphatic heterocycles. The van der Waals surface area contributed by atoms with Crippen molar-refractivity contribution in [3.05, 3.63) is 29.3 Å². The fraction of sp³-hybridized carbons (Fsp3) is 0.700. The van der Waals surface area contributed by atoms with E-state index in [2.05, 4.69) is 32.9 Å². The summed E-state index contributed by atoms with van der Waals surface area (Å²) in [6, 6.07) is 6.21. The number of phenols is 1. The fourth-order valence-corrected chi connectivity index (χ4v) is 3.03. The molecule has 1 unspecified atom stereocenters. The Balaban J connectivity index is 2.36. The van der Waals surface area contributed by atoms with Gasteiger partial charge in [-0.15, -0.1) is 0 Å². The van der Waals surface area contributed by atoms with Crippen LogP contribution in [0.2, 0.25) is 0 Å². The quantitative estimate of drug-likeness (QED) is 0.456. The van der Waals surface area contributed by atoms with Crippen LogP contribution in [0, 0.1) is 0 Å². The van der Waals surface area contributed by atoms with E-state index in [0.29, 0.717) is 11.7 Å². The molecular formula is C20H34O. The molecule has 1 aromatic rings. The van der Waals surface area contributed by atoms with E-state index >= 15 is 0 Å². The molecule has 1 rings (SSSR count). The molecule has 0 aliphatic rings. The molecule has 1 nitrogen and oxygen atoms in total. The van der Waals surface area contributed by atoms with Crippen molar-refractivity contribution >= 4 is 0 Å². The molecule has 0 saturated carbocycles. The molecule has 1 heteroatoms. The maximum Gasteiger partial charge on any atom is 0.119 e. The number of rotatable bonds is 11. The van der Waals surface area contributed by atoms with Gasteiger partial charge in [-0.3, -0.25) is 0 Å². The van der Waals surface area contributed by atoms with E-state index in [1.54, 1.807) is 0 Å². The molecule has 1 aromatic carbocycles. The summed E-state index contributed by atoms with van der Waals surface area (Å²) in [7, 11) is 0. The standard InChI is InChI=1S/C20H34O/c1-4-6-7-8-9-10-11-13-18-14-15-20(21)19(16-18)17(3)12-5-2/h14-17,21H,4-13H2,1-3H3. The monoisotopic (exact) mass is 290 g/mol. The third-order valence-electron chi connectivity index (χ3n) is 4.41. The summed E-state index contributed by atoms with van der Waals surface area (Å²) >= 11 is 0. The van der Waals surface area contributed by atoms with Crippen molar-refractivity contribution in [2.24, 2.45) is 0 Å². The zero-order chi connectivity index (χ0) is 15.5. The molecule has 0 aliphatic carbocycles. The van der Waals surface area contributed by atoms with E-state index in [1.807, 2.05) is 6.07 Å². The van der Waals surface area contributed by atoms with E-state index < -0.39 is 0 Å². The average molecular weight is 290 g/mol. The third kappa shape index (κ3) is 7.02. The normalized spacial score (nSPS) is 12.5. The molecule has 0 fully saturated rings. The van der Waals surface area contributed by atoms with Crippen LogP contribution in [0.3, 0.4) is 0 Å². The van der Waals surface area contributed by atoms with Crippen LogP contribution in [-0.4, -0.2) is 5.11 Å². The summed E-state index contributed by atoms with van der Waals surface area (Å²) in [5.41, 5.74) is 2.52. The summed E-state index contributed by atoms with van der Waals surface area (Å²) in [5, 5.41) is 10.0. The number of benzene rings is 1.